The first-order valence-electron chi connectivity index (χ1n) is 8.75. The average Bonchev–Trinajstić information content (AvgIpc) is 3.40. The molecule has 6 nitrogen and oxygen atoms in total. The average molecular weight is 352 g/mol. The number of hydrogen-bond donors (Lipinski definition) is 4. The number of carbonyl (C=O) groups is 1. The molecule has 4 aliphatic rings. The van der Waals surface area contributed by atoms with Gasteiger partial charge in [0, 0.05) is 23.5 Å². The van der Waals surface area contributed by atoms with Crippen molar-refractivity contribution in [3.8, 4) is 22.6 Å². The molecule has 1 heterocycles. The highest BCUT2D eigenvalue weighted by molar-refractivity contribution is 6.04. The van der Waals surface area contributed by atoms with Crippen LogP contribution in [-0.4, -0.2) is 38.4 Å². The lowest BCUT2D eigenvalue weighted by Crippen LogP contribution is -2.46. The van der Waals surface area contributed by atoms with E-state index in [-0.39, 0.29) is 41.8 Å². The molecule has 3 aliphatic carbocycles. The summed E-state index contributed by atoms with van der Waals surface area (Å²) < 4.78 is 5.68. The minimum atomic E-state index is -1.38. The van der Waals surface area contributed by atoms with Crippen LogP contribution < -0.4 is 0 Å². The molecule has 132 valence electrons. The molecule has 5 unspecified atom stereocenters. The SMILES string of the molecule is O=C1CCC2(O)c3c(ccc(O)c31)-c1ccc(O)c3c1C2C1OC1C3O. The number of Topliss-reactive ketones (excluding diaryl/α,β-unsaturated/α-hetero) is 1. The Labute approximate surface area is 148 Å². The van der Waals surface area contributed by atoms with Crippen LogP contribution in [0.2, 0.25) is 0 Å². The fourth-order valence-electron chi connectivity index (χ4n) is 5.42. The summed E-state index contributed by atoms with van der Waals surface area (Å²) in [6.07, 6.45) is -1.45. The predicted molar refractivity (Wildman–Crippen MR) is 89.0 cm³/mol. The molecule has 4 N–H and O–H groups in total. The summed E-state index contributed by atoms with van der Waals surface area (Å²) in [5.74, 6) is -0.823. The number of phenols is 2. The highest BCUT2D eigenvalue weighted by atomic mass is 16.6. The van der Waals surface area contributed by atoms with Gasteiger partial charge in [0.25, 0.3) is 0 Å². The van der Waals surface area contributed by atoms with Gasteiger partial charge in [0.1, 0.15) is 29.3 Å². The summed E-state index contributed by atoms with van der Waals surface area (Å²) in [4.78, 5) is 12.5. The minimum absolute atomic E-state index is 0.0202. The van der Waals surface area contributed by atoms with Crippen LogP contribution in [0.5, 0.6) is 11.5 Å². The molecular formula is C20H16O6. The van der Waals surface area contributed by atoms with Crippen molar-refractivity contribution in [1.29, 1.82) is 0 Å². The summed E-state index contributed by atoms with van der Waals surface area (Å²) in [7, 11) is 0. The van der Waals surface area contributed by atoms with E-state index in [4.69, 9.17) is 4.74 Å². The Kier molecular flexibility index (Phi) is 2.43. The van der Waals surface area contributed by atoms with Crippen molar-refractivity contribution in [2.24, 2.45) is 0 Å². The number of phenolic OH excluding ortho intramolecular Hbond substituents is 2. The number of rotatable bonds is 0. The number of fused-ring (bicyclic) bond motifs is 4. The van der Waals surface area contributed by atoms with Crippen LogP contribution in [0, 0.1) is 0 Å². The third-order valence-corrected chi connectivity index (χ3v) is 6.51. The van der Waals surface area contributed by atoms with Crippen LogP contribution in [0.4, 0.5) is 0 Å². The van der Waals surface area contributed by atoms with Crippen LogP contribution in [0.3, 0.4) is 0 Å². The molecule has 0 amide bonds. The van der Waals surface area contributed by atoms with Gasteiger partial charge in [-0.05, 0) is 35.2 Å². The summed E-state index contributed by atoms with van der Waals surface area (Å²) in [6.45, 7) is 0. The van der Waals surface area contributed by atoms with Crippen LogP contribution >= 0.6 is 0 Å². The van der Waals surface area contributed by atoms with Crippen molar-refractivity contribution in [2.75, 3.05) is 0 Å². The maximum absolute atomic E-state index is 12.5. The number of ketones is 1. The quantitative estimate of drug-likeness (QED) is 0.539. The molecule has 2 aromatic rings. The molecule has 0 aromatic heterocycles. The second-order valence-electron chi connectivity index (χ2n) is 7.68. The van der Waals surface area contributed by atoms with E-state index in [1.54, 1.807) is 12.1 Å². The predicted octanol–water partition coefficient (Wildman–Crippen LogP) is 1.84. The smallest absolute Gasteiger partial charge is 0.167 e. The van der Waals surface area contributed by atoms with Gasteiger partial charge in [-0.15, -0.1) is 0 Å². The van der Waals surface area contributed by atoms with Gasteiger partial charge in [-0.1, -0.05) is 12.1 Å². The number of hydrogen-bond acceptors (Lipinski definition) is 6. The minimum Gasteiger partial charge on any atom is -0.508 e. The molecule has 5 atom stereocenters. The molecule has 26 heavy (non-hydrogen) atoms. The Morgan fingerprint density at radius 2 is 1.73 bits per heavy atom. The Hall–Kier alpha value is -2.41. The van der Waals surface area contributed by atoms with E-state index in [0.29, 0.717) is 22.3 Å². The fraction of sp³-hybridized carbons (Fsp3) is 0.350. The van der Waals surface area contributed by atoms with Crippen molar-refractivity contribution in [3.63, 3.8) is 0 Å². The first kappa shape index (κ1) is 14.7. The van der Waals surface area contributed by atoms with Gasteiger partial charge in [0.2, 0.25) is 0 Å². The Bertz CT molecular complexity index is 1030. The summed E-state index contributed by atoms with van der Waals surface area (Å²) in [5, 5.41) is 43.0. The summed E-state index contributed by atoms with van der Waals surface area (Å²) in [6, 6.07) is 6.41. The highest BCUT2D eigenvalue weighted by Gasteiger charge is 2.65. The topological polar surface area (TPSA) is 111 Å². The van der Waals surface area contributed by atoms with Crippen LogP contribution in [0.25, 0.3) is 11.1 Å². The number of aliphatic hydroxyl groups excluding tert-OH is 1. The summed E-state index contributed by atoms with van der Waals surface area (Å²) in [5.41, 5.74) is 1.76. The third kappa shape index (κ3) is 1.44. The van der Waals surface area contributed by atoms with E-state index in [1.807, 2.05) is 0 Å². The monoisotopic (exact) mass is 352 g/mol. The van der Waals surface area contributed by atoms with Gasteiger partial charge in [-0.2, -0.15) is 0 Å². The molecule has 1 fully saturated rings. The largest absolute Gasteiger partial charge is 0.508 e. The van der Waals surface area contributed by atoms with Gasteiger partial charge < -0.3 is 25.2 Å². The molecule has 6 heteroatoms. The molecule has 6 rings (SSSR count). The van der Waals surface area contributed by atoms with Crippen molar-refractivity contribution >= 4 is 5.78 Å². The molecule has 0 bridgehead atoms. The second kappa shape index (κ2) is 4.28. The van der Waals surface area contributed by atoms with E-state index in [0.717, 1.165) is 5.56 Å². The molecule has 2 aromatic carbocycles. The lowest BCUT2D eigenvalue weighted by atomic mass is 9.58. The van der Waals surface area contributed by atoms with Gasteiger partial charge in [0.15, 0.2) is 5.78 Å². The third-order valence-electron chi connectivity index (χ3n) is 6.51. The van der Waals surface area contributed by atoms with Crippen LogP contribution in [-0.2, 0) is 10.3 Å². The first-order valence-corrected chi connectivity index (χ1v) is 8.75. The molecule has 1 saturated heterocycles. The van der Waals surface area contributed by atoms with Crippen LogP contribution in [0.15, 0.2) is 24.3 Å². The standard InChI is InChI=1S/C20H16O6/c21-9-4-2-8-7-1-3-10(22)14-12(7)16(18-19(26-18)17(14)24)20(25)6-5-11(23)13(9)15(8)20/h1-4,16-19,21-22,24-25H,5-6H2. The van der Waals surface area contributed by atoms with Crippen molar-refractivity contribution in [1.82, 2.24) is 0 Å². The zero-order valence-electron chi connectivity index (χ0n) is 13.6. The molecule has 0 spiro atoms. The fourth-order valence-corrected chi connectivity index (χ4v) is 5.42. The maximum atomic E-state index is 12.5. The summed E-state index contributed by atoms with van der Waals surface area (Å²) >= 11 is 0. The van der Waals surface area contributed by atoms with Gasteiger partial charge in [-0.25, -0.2) is 0 Å². The normalized spacial score (nSPS) is 35.4. The van der Waals surface area contributed by atoms with Crippen LogP contribution in [0.1, 0.15) is 51.9 Å². The van der Waals surface area contributed by atoms with Crippen molar-refractivity contribution in [2.45, 2.75) is 42.7 Å². The number of ether oxygens (including phenoxy) is 1. The van der Waals surface area contributed by atoms with E-state index in [2.05, 4.69) is 0 Å². The number of epoxide rings is 1. The van der Waals surface area contributed by atoms with E-state index in [1.165, 1.54) is 12.1 Å². The first-order chi connectivity index (χ1) is 12.4. The zero-order valence-corrected chi connectivity index (χ0v) is 13.6. The lowest BCUT2D eigenvalue weighted by Gasteiger charge is -2.47. The number of carbonyl (C=O) groups excluding carboxylic acids is 1. The van der Waals surface area contributed by atoms with Gasteiger partial charge in [-0.3, -0.25) is 4.79 Å². The number of benzene rings is 2. The Morgan fingerprint density at radius 1 is 1.00 bits per heavy atom. The molecule has 1 aliphatic heterocycles. The molecular weight excluding hydrogens is 336 g/mol. The van der Waals surface area contributed by atoms with Crippen molar-refractivity contribution in [3.05, 3.63) is 46.5 Å². The Morgan fingerprint density at radius 3 is 2.54 bits per heavy atom. The highest BCUT2D eigenvalue weighted by Crippen LogP contribution is 2.65. The zero-order chi connectivity index (χ0) is 18.0. The number of aromatic hydroxyl groups is 2. The van der Waals surface area contributed by atoms with E-state index < -0.39 is 23.7 Å². The van der Waals surface area contributed by atoms with Crippen molar-refractivity contribution < 1.29 is 30.0 Å². The maximum Gasteiger partial charge on any atom is 0.167 e. The second-order valence-corrected chi connectivity index (χ2v) is 7.68. The molecule has 0 saturated carbocycles. The molecule has 0 radical (unpaired) electrons. The van der Waals surface area contributed by atoms with E-state index in [9.17, 15) is 25.2 Å². The van der Waals surface area contributed by atoms with Gasteiger partial charge in [0.05, 0.1) is 11.7 Å². The van der Waals surface area contributed by atoms with E-state index >= 15 is 0 Å². The Balaban J connectivity index is 1.79. The number of aliphatic hydroxyl groups is 2. The lowest BCUT2D eigenvalue weighted by molar-refractivity contribution is -0.0192. The van der Waals surface area contributed by atoms with Gasteiger partial charge >= 0.3 is 0 Å².